The van der Waals surface area contributed by atoms with Crippen LogP contribution in [-0.4, -0.2) is 23.9 Å². The molecule has 0 aromatic carbocycles. The van der Waals surface area contributed by atoms with Crippen molar-refractivity contribution in [1.82, 2.24) is 4.90 Å². The van der Waals surface area contributed by atoms with Crippen LogP contribution in [0.5, 0.6) is 0 Å². The van der Waals surface area contributed by atoms with E-state index in [1.54, 1.807) is 0 Å². The summed E-state index contributed by atoms with van der Waals surface area (Å²) in [6.45, 7) is 5.99. The Bertz CT molecular complexity index is 591. The van der Waals surface area contributed by atoms with Crippen LogP contribution >= 0.6 is 0 Å². The fourth-order valence-electron chi connectivity index (χ4n) is 3.27. The van der Waals surface area contributed by atoms with E-state index in [-0.39, 0.29) is 11.0 Å². The standard InChI is InChI=1S/C16H20N4O/c1-16(2)7-12(11(9-17)10-18)14(15(19)21)13(8-16)20-5-3-4-6-20/h3-8H2,1-2H3,(H2,19,21). The molecular weight excluding hydrogens is 264 g/mol. The molecule has 0 aromatic rings. The third kappa shape index (κ3) is 2.92. The highest BCUT2D eigenvalue weighted by Crippen LogP contribution is 2.44. The molecule has 1 aliphatic heterocycles. The van der Waals surface area contributed by atoms with Crippen molar-refractivity contribution in [2.24, 2.45) is 11.1 Å². The molecule has 0 spiro atoms. The summed E-state index contributed by atoms with van der Waals surface area (Å²) >= 11 is 0. The van der Waals surface area contributed by atoms with Crippen LogP contribution < -0.4 is 5.73 Å². The molecule has 2 N–H and O–H groups in total. The minimum Gasteiger partial charge on any atom is -0.374 e. The van der Waals surface area contributed by atoms with E-state index in [2.05, 4.69) is 18.7 Å². The van der Waals surface area contributed by atoms with Gasteiger partial charge in [0.05, 0.1) is 5.57 Å². The van der Waals surface area contributed by atoms with Gasteiger partial charge in [-0.15, -0.1) is 0 Å². The number of nitriles is 2. The molecule has 1 fully saturated rings. The summed E-state index contributed by atoms with van der Waals surface area (Å²) in [7, 11) is 0. The van der Waals surface area contributed by atoms with Crippen molar-refractivity contribution >= 4 is 5.91 Å². The van der Waals surface area contributed by atoms with Crippen LogP contribution in [0, 0.1) is 28.1 Å². The van der Waals surface area contributed by atoms with E-state index in [0.717, 1.165) is 38.0 Å². The number of rotatable bonds is 2. The highest BCUT2D eigenvalue weighted by atomic mass is 16.1. The van der Waals surface area contributed by atoms with Gasteiger partial charge in [-0.25, -0.2) is 0 Å². The van der Waals surface area contributed by atoms with Gasteiger partial charge in [0.2, 0.25) is 0 Å². The fourth-order valence-corrected chi connectivity index (χ4v) is 3.27. The van der Waals surface area contributed by atoms with Gasteiger partial charge in [-0.05, 0) is 36.7 Å². The summed E-state index contributed by atoms with van der Waals surface area (Å²) < 4.78 is 0. The molecule has 5 heteroatoms. The van der Waals surface area contributed by atoms with Crippen LogP contribution in [0.3, 0.4) is 0 Å². The Morgan fingerprint density at radius 2 is 1.76 bits per heavy atom. The Kier molecular flexibility index (Phi) is 4.04. The van der Waals surface area contributed by atoms with E-state index in [9.17, 15) is 15.3 Å². The largest absolute Gasteiger partial charge is 0.374 e. The average molecular weight is 284 g/mol. The molecule has 21 heavy (non-hydrogen) atoms. The zero-order valence-electron chi connectivity index (χ0n) is 12.6. The van der Waals surface area contributed by atoms with Gasteiger partial charge < -0.3 is 10.6 Å². The molecule has 0 unspecified atom stereocenters. The Balaban J connectivity index is 2.66. The molecule has 0 atom stereocenters. The Labute approximate surface area is 125 Å². The van der Waals surface area contributed by atoms with Gasteiger partial charge in [0.25, 0.3) is 5.91 Å². The predicted octanol–water partition coefficient (Wildman–Crippen LogP) is 1.99. The first kappa shape index (κ1) is 15.1. The Morgan fingerprint density at radius 3 is 2.24 bits per heavy atom. The predicted molar refractivity (Wildman–Crippen MR) is 78.3 cm³/mol. The summed E-state index contributed by atoms with van der Waals surface area (Å²) in [6, 6.07) is 3.83. The molecule has 1 saturated heterocycles. The van der Waals surface area contributed by atoms with Gasteiger partial charge in [0.15, 0.2) is 0 Å². The number of carbonyl (C=O) groups is 1. The van der Waals surface area contributed by atoms with Crippen molar-refractivity contribution in [3.05, 3.63) is 22.4 Å². The average Bonchev–Trinajstić information content (AvgIpc) is 2.91. The van der Waals surface area contributed by atoms with Gasteiger partial charge in [0, 0.05) is 18.8 Å². The molecule has 1 heterocycles. The van der Waals surface area contributed by atoms with E-state index in [4.69, 9.17) is 5.73 Å². The van der Waals surface area contributed by atoms with Crippen LogP contribution in [0.25, 0.3) is 0 Å². The molecule has 1 amide bonds. The normalized spacial score (nSPS) is 21.0. The third-order valence-corrected chi connectivity index (χ3v) is 4.15. The van der Waals surface area contributed by atoms with Crippen LogP contribution in [0.15, 0.2) is 22.4 Å². The molecule has 0 aromatic heterocycles. The summed E-state index contributed by atoms with van der Waals surface area (Å²) in [6.07, 6.45) is 3.47. The highest BCUT2D eigenvalue weighted by molar-refractivity contribution is 5.98. The smallest absolute Gasteiger partial charge is 0.250 e. The lowest BCUT2D eigenvalue weighted by molar-refractivity contribution is -0.114. The molecule has 0 radical (unpaired) electrons. The SMILES string of the molecule is CC1(C)CC(=C(C#N)C#N)C(C(N)=O)=C(N2CCCC2)C1. The van der Waals surface area contributed by atoms with Crippen LogP contribution in [-0.2, 0) is 4.79 Å². The summed E-state index contributed by atoms with van der Waals surface area (Å²) in [5.41, 5.74) is 7.32. The van der Waals surface area contributed by atoms with Crippen molar-refractivity contribution < 1.29 is 4.79 Å². The zero-order chi connectivity index (χ0) is 15.6. The number of nitrogens with zero attached hydrogens (tertiary/aromatic N) is 3. The Morgan fingerprint density at radius 1 is 1.19 bits per heavy atom. The zero-order valence-corrected chi connectivity index (χ0v) is 12.6. The van der Waals surface area contributed by atoms with Crippen LogP contribution in [0.4, 0.5) is 0 Å². The lowest BCUT2D eigenvalue weighted by Gasteiger charge is -2.38. The van der Waals surface area contributed by atoms with Gasteiger partial charge in [-0.2, -0.15) is 10.5 Å². The molecule has 0 saturated carbocycles. The van der Waals surface area contributed by atoms with E-state index >= 15 is 0 Å². The maximum atomic E-state index is 12.0. The molecule has 1 aliphatic carbocycles. The number of amides is 1. The number of nitrogens with two attached hydrogens (primary N) is 1. The van der Waals surface area contributed by atoms with Gasteiger partial charge >= 0.3 is 0 Å². The third-order valence-electron chi connectivity index (χ3n) is 4.15. The van der Waals surface area contributed by atoms with Crippen molar-refractivity contribution in [2.45, 2.75) is 39.5 Å². The number of likely N-dealkylation sites (tertiary alicyclic amines) is 1. The number of allylic oxidation sites excluding steroid dienone is 2. The minimum atomic E-state index is -0.537. The Hall–Kier alpha value is -2.27. The summed E-state index contributed by atoms with van der Waals surface area (Å²) in [4.78, 5) is 14.2. The quantitative estimate of drug-likeness (QED) is 0.784. The topological polar surface area (TPSA) is 93.9 Å². The van der Waals surface area contributed by atoms with E-state index in [1.165, 1.54) is 0 Å². The lowest BCUT2D eigenvalue weighted by Crippen LogP contribution is -2.34. The summed E-state index contributed by atoms with van der Waals surface area (Å²) in [5, 5.41) is 18.4. The monoisotopic (exact) mass is 284 g/mol. The van der Waals surface area contributed by atoms with E-state index < -0.39 is 5.91 Å². The number of primary amides is 1. The molecule has 5 nitrogen and oxygen atoms in total. The maximum absolute atomic E-state index is 12.0. The highest BCUT2D eigenvalue weighted by Gasteiger charge is 2.37. The fraction of sp³-hybridized carbons (Fsp3) is 0.562. The van der Waals surface area contributed by atoms with Crippen LogP contribution in [0.2, 0.25) is 0 Å². The van der Waals surface area contributed by atoms with E-state index in [0.29, 0.717) is 17.6 Å². The number of hydrogen-bond donors (Lipinski definition) is 1. The number of hydrogen-bond acceptors (Lipinski definition) is 4. The minimum absolute atomic E-state index is 0.00766. The molecule has 2 aliphatic rings. The first-order valence-electron chi connectivity index (χ1n) is 7.21. The molecular formula is C16H20N4O. The number of carbonyl (C=O) groups excluding carboxylic acids is 1. The maximum Gasteiger partial charge on any atom is 0.250 e. The van der Waals surface area contributed by atoms with Gasteiger partial charge in [-0.1, -0.05) is 13.8 Å². The molecule has 2 rings (SSSR count). The molecule has 0 bridgehead atoms. The van der Waals surface area contributed by atoms with Crippen molar-refractivity contribution in [3.8, 4) is 12.1 Å². The van der Waals surface area contributed by atoms with Crippen molar-refractivity contribution in [1.29, 1.82) is 10.5 Å². The van der Waals surface area contributed by atoms with Crippen molar-refractivity contribution in [2.75, 3.05) is 13.1 Å². The second-order valence-electron chi connectivity index (χ2n) is 6.48. The van der Waals surface area contributed by atoms with Gasteiger partial charge in [-0.3, -0.25) is 4.79 Å². The first-order chi connectivity index (χ1) is 9.89. The molecule has 110 valence electrons. The summed E-state index contributed by atoms with van der Waals surface area (Å²) in [5.74, 6) is -0.537. The lowest BCUT2D eigenvalue weighted by atomic mass is 9.72. The van der Waals surface area contributed by atoms with Crippen LogP contribution in [0.1, 0.15) is 39.5 Å². The first-order valence-corrected chi connectivity index (χ1v) is 7.21. The van der Waals surface area contributed by atoms with Crippen molar-refractivity contribution in [3.63, 3.8) is 0 Å². The van der Waals surface area contributed by atoms with E-state index in [1.807, 2.05) is 12.1 Å². The second-order valence-corrected chi connectivity index (χ2v) is 6.48. The van der Waals surface area contributed by atoms with Gasteiger partial charge in [0.1, 0.15) is 17.7 Å². The second kappa shape index (κ2) is 5.61.